The van der Waals surface area contributed by atoms with E-state index in [0.717, 1.165) is 0 Å². The van der Waals surface area contributed by atoms with Gasteiger partial charge in [0.2, 0.25) is 0 Å². The van der Waals surface area contributed by atoms with E-state index in [1.54, 1.807) is 12.4 Å². The summed E-state index contributed by atoms with van der Waals surface area (Å²) < 4.78 is 0. The molecule has 0 amide bonds. The zero-order valence-corrected chi connectivity index (χ0v) is 6.13. The van der Waals surface area contributed by atoms with Gasteiger partial charge in [-0.05, 0) is 12.1 Å². The summed E-state index contributed by atoms with van der Waals surface area (Å²) >= 11 is 0. The second-order valence-corrected chi connectivity index (χ2v) is 1.02. The van der Waals surface area contributed by atoms with Crippen LogP contribution in [0, 0.1) is 0 Å². The summed E-state index contributed by atoms with van der Waals surface area (Å²) in [4.78, 5) is 3.78. The first-order valence-electron chi connectivity index (χ1n) is 1.85. The minimum Gasteiger partial charge on any atom is -0.344 e. The minimum absolute atomic E-state index is 0. The van der Waals surface area contributed by atoms with Crippen molar-refractivity contribution in [3.8, 4) is 0 Å². The molecule has 1 heterocycles. The molecular formula is C5H8N2Ru. The summed E-state index contributed by atoms with van der Waals surface area (Å²) in [6, 6.07) is 5.72. The Hall–Kier alpha value is -0.267. The smallest absolute Gasteiger partial charge is 0.0267 e. The van der Waals surface area contributed by atoms with Gasteiger partial charge in [0.05, 0.1) is 0 Å². The van der Waals surface area contributed by atoms with Gasteiger partial charge in [0, 0.05) is 31.9 Å². The number of hydrogen-bond acceptors (Lipinski definition) is 2. The Labute approximate surface area is 61.7 Å². The fourth-order valence-corrected chi connectivity index (χ4v) is 0.313. The maximum absolute atomic E-state index is 3.78. The number of hydrogen-bond donors (Lipinski definition) is 1. The molecule has 1 rings (SSSR count). The third-order valence-electron chi connectivity index (χ3n) is 0.566. The van der Waals surface area contributed by atoms with Gasteiger partial charge in [-0.1, -0.05) is 6.07 Å². The number of aromatic nitrogens is 1. The molecule has 0 aliphatic carbocycles. The maximum atomic E-state index is 3.78. The van der Waals surface area contributed by atoms with Crippen LogP contribution in [-0.2, 0) is 19.5 Å². The predicted octanol–water partition coefficient (Wildman–Crippen LogP) is 1.24. The van der Waals surface area contributed by atoms with Crippen molar-refractivity contribution in [3.05, 3.63) is 30.6 Å². The second kappa shape index (κ2) is 6.73. The molecule has 3 N–H and O–H groups in total. The summed E-state index contributed by atoms with van der Waals surface area (Å²) in [5, 5.41) is 0. The largest absolute Gasteiger partial charge is 0.344 e. The van der Waals surface area contributed by atoms with E-state index in [-0.39, 0.29) is 25.6 Å². The van der Waals surface area contributed by atoms with E-state index >= 15 is 0 Å². The van der Waals surface area contributed by atoms with E-state index in [1.165, 1.54) is 0 Å². The molecule has 0 bridgehead atoms. The quantitative estimate of drug-likeness (QED) is 0.636. The first-order chi connectivity index (χ1) is 3.00. The van der Waals surface area contributed by atoms with Gasteiger partial charge >= 0.3 is 0 Å². The zero-order chi connectivity index (χ0) is 4.24. The molecule has 0 atom stereocenters. The van der Waals surface area contributed by atoms with Crippen LogP contribution >= 0.6 is 0 Å². The van der Waals surface area contributed by atoms with Crippen molar-refractivity contribution < 1.29 is 19.5 Å². The van der Waals surface area contributed by atoms with Crippen LogP contribution in [0.15, 0.2) is 30.6 Å². The van der Waals surface area contributed by atoms with E-state index in [0.29, 0.717) is 0 Å². The van der Waals surface area contributed by atoms with E-state index in [9.17, 15) is 0 Å². The van der Waals surface area contributed by atoms with Crippen LogP contribution in [0.3, 0.4) is 0 Å². The summed E-state index contributed by atoms with van der Waals surface area (Å²) in [5.74, 6) is 0. The molecule has 3 heteroatoms. The van der Waals surface area contributed by atoms with E-state index in [2.05, 4.69) is 4.98 Å². The van der Waals surface area contributed by atoms with Crippen LogP contribution in [0.25, 0.3) is 0 Å². The van der Waals surface area contributed by atoms with Gasteiger partial charge in [-0.15, -0.1) is 0 Å². The van der Waals surface area contributed by atoms with Crippen LogP contribution < -0.4 is 6.15 Å². The SMILES string of the molecule is N.[Ru].c1ccncc1. The molecule has 0 fully saturated rings. The Bertz CT molecular complexity index is 82.4. The van der Waals surface area contributed by atoms with Crippen molar-refractivity contribution in [1.82, 2.24) is 11.1 Å². The topological polar surface area (TPSA) is 47.9 Å². The van der Waals surface area contributed by atoms with Crippen molar-refractivity contribution in [3.63, 3.8) is 0 Å². The molecule has 8 heavy (non-hydrogen) atoms. The fourth-order valence-electron chi connectivity index (χ4n) is 0.313. The van der Waals surface area contributed by atoms with Crippen LogP contribution in [0.5, 0.6) is 0 Å². The van der Waals surface area contributed by atoms with Crippen molar-refractivity contribution in [2.45, 2.75) is 0 Å². The van der Waals surface area contributed by atoms with Gasteiger partial charge < -0.3 is 6.15 Å². The van der Waals surface area contributed by atoms with E-state index in [4.69, 9.17) is 0 Å². The first kappa shape index (κ1) is 10.7. The minimum atomic E-state index is 0. The van der Waals surface area contributed by atoms with Crippen molar-refractivity contribution in [1.29, 1.82) is 0 Å². The number of nitrogens with zero attached hydrogens (tertiary/aromatic N) is 1. The number of pyridine rings is 1. The molecule has 2 nitrogen and oxygen atoms in total. The van der Waals surface area contributed by atoms with Crippen molar-refractivity contribution >= 4 is 0 Å². The summed E-state index contributed by atoms with van der Waals surface area (Å²) in [5.41, 5.74) is 0. The second-order valence-electron chi connectivity index (χ2n) is 1.02. The molecule has 0 spiro atoms. The molecule has 1 aromatic heterocycles. The Morgan fingerprint density at radius 3 is 1.50 bits per heavy atom. The molecule has 0 aromatic carbocycles. The molecule has 0 saturated carbocycles. The van der Waals surface area contributed by atoms with Gasteiger partial charge in [0.15, 0.2) is 0 Å². The monoisotopic (exact) mass is 198 g/mol. The summed E-state index contributed by atoms with van der Waals surface area (Å²) in [6.45, 7) is 0. The average molecular weight is 197 g/mol. The molecule has 0 aliphatic rings. The standard InChI is InChI=1S/C5H5N.H3N.Ru/c1-2-4-6-5-3-1;;/h1-5H;1H3;. The Kier molecular flexibility index (Phi) is 8.98. The third kappa shape index (κ3) is 3.91. The molecule has 1 aromatic rings. The fraction of sp³-hybridized carbons (Fsp3) is 0. The molecule has 0 aliphatic heterocycles. The molecule has 0 saturated heterocycles. The van der Waals surface area contributed by atoms with Gasteiger partial charge in [0.25, 0.3) is 0 Å². The Morgan fingerprint density at radius 1 is 0.875 bits per heavy atom. The molecular weight excluding hydrogens is 189 g/mol. The average Bonchev–Trinajstić information content (AvgIpc) is 1.72. The Balaban J connectivity index is 0. The van der Waals surface area contributed by atoms with Crippen LogP contribution in [0.1, 0.15) is 0 Å². The van der Waals surface area contributed by atoms with Crippen LogP contribution in [0.4, 0.5) is 0 Å². The Morgan fingerprint density at radius 2 is 1.38 bits per heavy atom. The van der Waals surface area contributed by atoms with Crippen molar-refractivity contribution in [2.24, 2.45) is 0 Å². The zero-order valence-electron chi connectivity index (χ0n) is 4.39. The van der Waals surface area contributed by atoms with Gasteiger partial charge in [0.1, 0.15) is 0 Å². The van der Waals surface area contributed by atoms with Crippen LogP contribution in [-0.4, -0.2) is 4.98 Å². The molecule has 0 radical (unpaired) electrons. The third-order valence-corrected chi connectivity index (χ3v) is 0.566. The predicted molar refractivity (Wildman–Crippen MR) is 29.3 cm³/mol. The van der Waals surface area contributed by atoms with Crippen molar-refractivity contribution in [2.75, 3.05) is 0 Å². The van der Waals surface area contributed by atoms with Gasteiger partial charge in [-0.25, -0.2) is 0 Å². The normalized spacial score (nSPS) is 6.00. The molecule has 46 valence electrons. The summed E-state index contributed by atoms with van der Waals surface area (Å²) in [7, 11) is 0. The first-order valence-corrected chi connectivity index (χ1v) is 1.85. The maximum Gasteiger partial charge on any atom is 0.0267 e. The number of rotatable bonds is 0. The van der Waals surface area contributed by atoms with E-state index in [1.807, 2.05) is 18.2 Å². The molecule has 0 unspecified atom stereocenters. The van der Waals surface area contributed by atoms with Gasteiger partial charge in [-0.3, -0.25) is 4.98 Å². The van der Waals surface area contributed by atoms with Gasteiger partial charge in [-0.2, -0.15) is 0 Å². The summed E-state index contributed by atoms with van der Waals surface area (Å²) in [6.07, 6.45) is 3.50. The van der Waals surface area contributed by atoms with Crippen LogP contribution in [0.2, 0.25) is 0 Å². The van der Waals surface area contributed by atoms with E-state index < -0.39 is 0 Å².